The minimum atomic E-state index is -1.23. The van der Waals surface area contributed by atoms with Gasteiger partial charge in [0.05, 0.1) is 5.57 Å². The Balaban J connectivity index is 5.65. The van der Waals surface area contributed by atoms with Gasteiger partial charge in [-0.1, -0.05) is 34.6 Å². The second kappa shape index (κ2) is 6.49. The predicted molar refractivity (Wildman–Crippen MR) is 79.9 cm³/mol. The summed E-state index contributed by atoms with van der Waals surface area (Å²) in [5, 5.41) is 18.1. The van der Waals surface area contributed by atoms with Crippen LogP contribution < -0.4 is 0 Å². The molecule has 0 radical (unpaired) electrons. The van der Waals surface area contributed by atoms with E-state index in [0.717, 1.165) is 6.08 Å². The van der Waals surface area contributed by atoms with Crippen molar-refractivity contribution in [2.24, 2.45) is 10.8 Å². The van der Waals surface area contributed by atoms with E-state index in [9.17, 15) is 14.7 Å². The number of carboxylic acids is 2. The first-order chi connectivity index (χ1) is 8.48. The average Bonchev–Trinajstić information content (AvgIpc) is 2.25. The van der Waals surface area contributed by atoms with Crippen molar-refractivity contribution in [3.8, 4) is 0 Å². The number of carboxylic acid groups (broad SMARTS) is 2. The van der Waals surface area contributed by atoms with Crippen LogP contribution in [0.3, 0.4) is 0 Å². The van der Waals surface area contributed by atoms with Crippen molar-refractivity contribution >= 4 is 32.2 Å². The zero-order valence-electron chi connectivity index (χ0n) is 12.5. The smallest absolute Gasteiger partial charge is 0.332 e. The van der Waals surface area contributed by atoms with Crippen LogP contribution in [0.2, 0.25) is 5.54 Å². The first kappa shape index (κ1) is 18.1. The van der Waals surface area contributed by atoms with E-state index in [1.807, 2.05) is 20.8 Å². The number of hydrogen-bond acceptors (Lipinski definition) is 3. The molecule has 0 saturated carbocycles. The van der Waals surface area contributed by atoms with E-state index < -0.39 is 27.1 Å². The molecule has 0 spiro atoms. The lowest BCUT2D eigenvalue weighted by Gasteiger charge is -2.46. The van der Waals surface area contributed by atoms with Crippen molar-refractivity contribution in [1.29, 1.82) is 0 Å². The normalized spacial score (nSPS) is 15.9. The first-order valence-electron chi connectivity index (χ1n) is 6.15. The highest BCUT2D eigenvalue weighted by molar-refractivity contribution is 6.36. The summed E-state index contributed by atoms with van der Waals surface area (Å²) in [5.74, 6) is -2.41. The Hall–Kier alpha value is -0.926. The highest BCUT2D eigenvalue weighted by atomic mass is 28.3. The van der Waals surface area contributed by atoms with Gasteiger partial charge in [-0.15, -0.1) is 0 Å². The third-order valence-electron chi connectivity index (χ3n) is 4.43. The molecule has 0 aliphatic carbocycles. The van der Waals surface area contributed by atoms with Gasteiger partial charge in [0.25, 0.3) is 0 Å². The lowest BCUT2D eigenvalue weighted by Crippen LogP contribution is -2.41. The molecule has 0 aromatic rings. The molecule has 0 amide bonds. The monoisotopic (exact) mass is 304 g/mol. The van der Waals surface area contributed by atoms with Crippen molar-refractivity contribution in [3.63, 3.8) is 0 Å². The van der Waals surface area contributed by atoms with Crippen LogP contribution in [0.25, 0.3) is 0 Å². The predicted octanol–water partition coefficient (Wildman–Crippen LogP) is 0.324. The molecule has 0 aliphatic heterocycles. The molecule has 1 atom stereocenters. The Morgan fingerprint density at radius 3 is 2.05 bits per heavy atom. The van der Waals surface area contributed by atoms with Gasteiger partial charge in [-0.3, -0.25) is 0 Å². The molecule has 2 N–H and O–H groups in total. The Kier molecular flexibility index (Phi) is 6.17. The van der Waals surface area contributed by atoms with Gasteiger partial charge in [-0.25, -0.2) is 9.59 Å². The molecule has 0 bridgehead atoms. The molecule has 19 heavy (non-hydrogen) atoms. The fraction of sp³-hybridized carbons (Fsp3) is 0.667. The van der Waals surface area contributed by atoms with Gasteiger partial charge < -0.3 is 14.3 Å². The molecule has 0 saturated heterocycles. The van der Waals surface area contributed by atoms with Crippen LogP contribution in [0.15, 0.2) is 11.6 Å². The fourth-order valence-corrected chi connectivity index (χ4v) is 4.98. The van der Waals surface area contributed by atoms with Crippen LogP contribution in [0, 0.1) is 10.8 Å². The standard InChI is InChI=1S/C12H24O5Si2/c1-7(19-17-18)11(2,3)12(4,5)8(10(15)16)6-9(13)14/h6-7H,19H2,1-5,18H3,(H,13,14)(H,15,16)/b8-6-. The Morgan fingerprint density at radius 2 is 1.74 bits per heavy atom. The number of aliphatic carboxylic acids is 2. The zero-order chi connectivity index (χ0) is 15.4. The minimum Gasteiger partial charge on any atom is -0.478 e. The maximum absolute atomic E-state index is 11.4. The highest BCUT2D eigenvalue weighted by Crippen LogP contribution is 2.51. The molecular weight excluding hydrogens is 280 g/mol. The van der Waals surface area contributed by atoms with Gasteiger partial charge in [0.15, 0.2) is 0 Å². The van der Waals surface area contributed by atoms with Gasteiger partial charge in [0.2, 0.25) is 0 Å². The summed E-state index contributed by atoms with van der Waals surface area (Å²) in [4.78, 5) is 22.2. The van der Waals surface area contributed by atoms with Crippen molar-refractivity contribution < 1.29 is 23.9 Å². The third kappa shape index (κ3) is 4.02. The molecule has 0 aliphatic rings. The number of carbonyl (C=O) groups is 2. The van der Waals surface area contributed by atoms with E-state index in [0.29, 0.717) is 10.5 Å². The molecular formula is C12H24O5Si2. The molecule has 1 unspecified atom stereocenters. The summed E-state index contributed by atoms with van der Waals surface area (Å²) in [7, 11) is -0.0422. The molecule has 110 valence electrons. The van der Waals surface area contributed by atoms with E-state index >= 15 is 0 Å². The van der Waals surface area contributed by atoms with Crippen LogP contribution >= 0.6 is 0 Å². The quantitative estimate of drug-likeness (QED) is 0.523. The van der Waals surface area contributed by atoms with Crippen LogP contribution in [0.5, 0.6) is 0 Å². The Labute approximate surface area is 119 Å². The summed E-state index contributed by atoms with van der Waals surface area (Å²) >= 11 is 0. The summed E-state index contributed by atoms with van der Waals surface area (Å²) in [6, 6.07) is 0. The molecule has 0 rings (SSSR count). The average molecular weight is 304 g/mol. The van der Waals surface area contributed by atoms with E-state index in [2.05, 4.69) is 0 Å². The maximum Gasteiger partial charge on any atom is 0.332 e. The van der Waals surface area contributed by atoms with Gasteiger partial charge in [0, 0.05) is 11.5 Å². The first-order valence-corrected chi connectivity index (χ1v) is 8.36. The van der Waals surface area contributed by atoms with E-state index in [-0.39, 0.29) is 16.5 Å². The lowest BCUT2D eigenvalue weighted by molar-refractivity contribution is -0.136. The summed E-state index contributed by atoms with van der Waals surface area (Å²) < 4.78 is 5.40. The van der Waals surface area contributed by atoms with Gasteiger partial charge >= 0.3 is 11.9 Å². The molecule has 0 heterocycles. The van der Waals surface area contributed by atoms with Crippen LogP contribution in [-0.2, 0) is 13.7 Å². The maximum atomic E-state index is 11.4. The van der Waals surface area contributed by atoms with E-state index in [1.165, 1.54) is 0 Å². The molecule has 0 aromatic carbocycles. The second-order valence-electron chi connectivity index (χ2n) is 5.90. The van der Waals surface area contributed by atoms with Crippen LogP contribution in [0.4, 0.5) is 0 Å². The van der Waals surface area contributed by atoms with Crippen molar-refractivity contribution in [2.75, 3.05) is 0 Å². The largest absolute Gasteiger partial charge is 0.478 e. The highest BCUT2D eigenvalue weighted by Gasteiger charge is 2.46. The SMILES string of the molecule is CC([SiH2]O[SiH3])C(C)(C)C(C)(C)/C(=C\C(=O)O)C(=O)O. The van der Waals surface area contributed by atoms with Gasteiger partial charge in [-0.2, -0.15) is 0 Å². The minimum absolute atomic E-state index is 0.0702. The lowest BCUT2D eigenvalue weighted by atomic mass is 9.62. The van der Waals surface area contributed by atoms with Crippen molar-refractivity contribution in [3.05, 3.63) is 11.6 Å². The Morgan fingerprint density at radius 1 is 1.26 bits per heavy atom. The van der Waals surface area contributed by atoms with Crippen LogP contribution in [-0.4, -0.2) is 42.4 Å². The topological polar surface area (TPSA) is 83.8 Å². The van der Waals surface area contributed by atoms with Gasteiger partial charge in [0.1, 0.15) is 20.2 Å². The Bertz CT molecular complexity index is 388. The zero-order valence-corrected chi connectivity index (χ0v) is 15.9. The summed E-state index contributed by atoms with van der Waals surface area (Å²) in [5.41, 5.74) is -0.941. The number of rotatable bonds is 7. The fourth-order valence-electron chi connectivity index (χ4n) is 2.05. The molecule has 0 fully saturated rings. The second-order valence-corrected chi connectivity index (χ2v) is 9.77. The third-order valence-corrected chi connectivity index (χ3v) is 7.29. The van der Waals surface area contributed by atoms with E-state index in [4.69, 9.17) is 9.22 Å². The van der Waals surface area contributed by atoms with Gasteiger partial charge in [-0.05, 0) is 11.0 Å². The number of hydrogen-bond donors (Lipinski definition) is 2. The van der Waals surface area contributed by atoms with Crippen molar-refractivity contribution in [2.45, 2.75) is 40.2 Å². The van der Waals surface area contributed by atoms with Crippen molar-refractivity contribution in [1.82, 2.24) is 0 Å². The molecule has 5 nitrogen and oxygen atoms in total. The van der Waals surface area contributed by atoms with Crippen LogP contribution in [0.1, 0.15) is 34.6 Å². The molecule has 0 aromatic heterocycles. The van der Waals surface area contributed by atoms with E-state index in [1.54, 1.807) is 13.8 Å². The summed E-state index contributed by atoms with van der Waals surface area (Å²) in [6.07, 6.45) is 0.805. The molecule has 7 heteroatoms. The summed E-state index contributed by atoms with van der Waals surface area (Å²) in [6.45, 7) is 9.57.